The Balaban J connectivity index is 1.61. The minimum absolute atomic E-state index is 0.0518. The van der Waals surface area contributed by atoms with Crippen LogP contribution in [0.15, 0.2) is 108 Å². The Morgan fingerprint density at radius 3 is 2.14 bits per heavy atom. The largest absolute Gasteiger partial charge is 0.497 e. The standard InChI is InChI=1S/C28H23N3O4S/c1-35-22-14-12-20(13-15-22)29-27(19-8-4-2-5-9-19)26-24-18-23(16-17-25(24)30-28(26)32)36(33,34)31-21-10-6-3-7-11-21/h2-18,29,31H,1H3,(H,30,32)/b27-26-. The zero-order valence-corrected chi connectivity index (χ0v) is 20.2. The van der Waals surface area contributed by atoms with E-state index in [4.69, 9.17) is 4.74 Å². The molecule has 1 aliphatic rings. The van der Waals surface area contributed by atoms with E-state index in [1.54, 1.807) is 37.4 Å². The van der Waals surface area contributed by atoms with Crippen LogP contribution in [0.5, 0.6) is 5.75 Å². The van der Waals surface area contributed by atoms with E-state index in [0.717, 1.165) is 11.3 Å². The number of rotatable bonds is 7. The summed E-state index contributed by atoms with van der Waals surface area (Å²) in [5.41, 5.74) is 3.93. The van der Waals surface area contributed by atoms with Gasteiger partial charge in [-0.15, -0.1) is 0 Å². The second-order valence-corrected chi connectivity index (χ2v) is 9.78. The molecule has 0 aliphatic carbocycles. The van der Waals surface area contributed by atoms with Crippen molar-refractivity contribution in [2.75, 3.05) is 22.5 Å². The normalized spacial score (nSPS) is 14.0. The van der Waals surface area contributed by atoms with Gasteiger partial charge in [0.25, 0.3) is 15.9 Å². The van der Waals surface area contributed by atoms with Crippen molar-refractivity contribution in [2.45, 2.75) is 4.90 Å². The number of carbonyl (C=O) groups excluding carboxylic acids is 1. The smallest absolute Gasteiger partial charge is 0.261 e. The van der Waals surface area contributed by atoms with Gasteiger partial charge in [-0.3, -0.25) is 9.52 Å². The Kier molecular flexibility index (Phi) is 6.18. The molecule has 0 bridgehead atoms. The maximum atomic E-state index is 13.2. The van der Waals surface area contributed by atoms with Crippen LogP contribution >= 0.6 is 0 Å². The Morgan fingerprint density at radius 1 is 0.806 bits per heavy atom. The number of hydrogen-bond donors (Lipinski definition) is 3. The number of ether oxygens (including phenoxy) is 1. The molecular weight excluding hydrogens is 474 g/mol. The summed E-state index contributed by atoms with van der Waals surface area (Å²) in [6, 6.07) is 30.0. The number of carbonyl (C=O) groups is 1. The SMILES string of the molecule is COc1ccc(N/C(=C2\C(=O)Nc3ccc(S(=O)(=O)Nc4ccccc4)cc32)c2ccccc2)cc1. The Hall–Kier alpha value is -4.56. The number of anilines is 3. The van der Waals surface area contributed by atoms with Gasteiger partial charge in [-0.25, -0.2) is 8.42 Å². The van der Waals surface area contributed by atoms with Crippen molar-refractivity contribution in [2.24, 2.45) is 0 Å². The first-order valence-electron chi connectivity index (χ1n) is 11.2. The third-order valence-corrected chi connectivity index (χ3v) is 7.12. The number of para-hydroxylation sites is 1. The second-order valence-electron chi connectivity index (χ2n) is 8.10. The van der Waals surface area contributed by atoms with Gasteiger partial charge >= 0.3 is 0 Å². The highest BCUT2D eigenvalue weighted by molar-refractivity contribution is 7.92. The lowest BCUT2D eigenvalue weighted by molar-refractivity contribution is -0.110. The lowest BCUT2D eigenvalue weighted by Crippen LogP contribution is -2.13. The fraction of sp³-hybridized carbons (Fsp3) is 0.0357. The average molecular weight is 498 g/mol. The van der Waals surface area contributed by atoms with Gasteiger partial charge in [-0.2, -0.15) is 0 Å². The number of methoxy groups -OCH3 is 1. The zero-order chi connectivity index (χ0) is 25.1. The Morgan fingerprint density at radius 2 is 1.47 bits per heavy atom. The number of nitrogens with one attached hydrogen (secondary N) is 3. The number of hydrogen-bond acceptors (Lipinski definition) is 5. The molecule has 1 aliphatic heterocycles. The first-order valence-corrected chi connectivity index (χ1v) is 12.7. The molecule has 5 rings (SSSR count). The molecule has 0 aromatic heterocycles. The molecule has 1 amide bonds. The fourth-order valence-corrected chi connectivity index (χ4v) is 5.07. The summed E-state index contributed by atoms with van der Waals surface area (Å²) < 4.78 is 34.1. The third kappa shape index (κ3) is 4.67. The van der Waals surface area contributed by atoms with E-state index in [-0.39, 0.29) is 10.8 Å². The van der Waals surface area contributed by atoms with Gasteiger partial charge in [0.1, 0.15) is 5.75 Å². The van der Waals surface area contributed by atoms with Crippen molar-refractivity contribution in [3.05, 3.63) is 114 Å². The molecule has 0 atom stereocenters. The van der Waals surface area contributed by atoms with E-state index in [9.17, 15) is 13.2 Å². The molecule has 8 heteroatoms. The maximum absolute atomic E-state index is 13.2. The second kappa shape index (κ2) is 9.59. The highest BCUT2D eigenvalue weighted by Crippen LogP contribution is 2.39. The molecular formula is C28H23N3O4S. The van der Waals surface area contributed by atoms with Crippen LogP contribution in [0, 0.1) is 0 Å². The topological polar surface area (TPSA) is 96.5 Å². The molecule has 4 aromatic carbocycles. The number of amides is 1. The predicted octanol–water partition coefficient (Wildman–Crippen LogP) is 5.43. The monoisotopic (exact) mass is 497 g/mol. The maximum Gasteiger partial charge on any atom is 0.261 e. The van der Waals surface area contributed by atoms with Crippen LogP contribution in [0.25, 0.3) is 11.3 Å². The van der Waals surface area contributed by atoms with E-state index in [1.165, 1.54) is 12.1 Å². The van der Waals surface area contributed by atoms with Crippen LogP contribution < -0.4 is 20.1 Å². The van der Waals surface area contributed by atoms with Crippen LogP contribution in [0.1, 0.15) is 11.1 Å². The molecule has 1 heterocycles. The molecule has 7 nitrogen and oxygen atoms in total. The number of benzene rings is 4. The van der Waals surface area contributed by atoms with Gasteiger partial charge in [-0.1, -0.05) is 48.5 Å². The van der Waals surface area contributed by atoms with Crippen LogP contribution in [-0.2, 0) is 14.8 Å². The van der Waals surface area contributed by atoms with E-state index < -0.39 is 10.0 Å². The van der Waals surface area contributed by atoms with E-state index in [2.05, 4.69) is 15.4 Å². The van der Waals surface area contributed by atoms with Crippen LogP contribution in [0.3, 0.4) is 0 Å². The van der Waals surface area contributed by atoms with Gasteiger partial charge in [-0.05, 0) is 60.2 Å². The van der Waals surface area contributed by atoms with Crippen molar-refractivity contribution >= 4 is 44.3 Å². The molecule has 0 saturated carbocycles. The summed E-state index contributed by atoms with van der Waals surface area (Å²) in [6.45, 7) is 0. The van der Waals surface area contributed by atoms with Crippen LogP contribution in [-0.4, -0.2) is 21.4 Å². The molecule has 0 radical (unpaired) electrons. The molecule has 0 unspecified atom stereocenters. The first kappa shape index (κ1) is 23.2. The van der Waals surface area contributed by atoms with Crippen molar-refractivity contribution < 1.29 is 17.9 Å². The number of fused-ring (bicyclic) bond motifs is 1. The highest BCUT2D eigenvalue weighted by Gasteiger charge is 2.30. The first-order chi connectivity index (χ1) is 17.4. The molecule has 36 heavy (non-hydrogen) atoms. The summed E-state index contributed by atoms with van der Waals surface area (Å²) >= 11 is 0. The van der Waals surface area contributed by atoms with Crippen LogP contribution in [0.4, 0.5) is 17.1 Å². The minimum Gasteiger partial charge on any atom is -0.497 e. The van der Waals surface area contributed by atoms with E-state index in [1.807, 2.05) is 60.7 Å². The average Bonchev–Trinajstić information content (AvgIpc) is 3.23. The number of sulfonamides is 1. The summed E-state index contributed by atoms with van der Waals surface area (Å²) in [7, 11) is -2.28. The minimum atomic E-state index is -3.88. The van der Waals surface area contributed by atoms with Crippen LogP contribution in [0.2, 0.25) is 0 Å². The summed E-state index contributed by atoms with van der Waals surface area (Å²) in [5.74, 6) is 0.384. The van der Waals surface area contributed by atoms with Crippen molar-refractivity contribution in [1.82, 2.24) is 0 Å². The highest BCUT2D eigenvalue weighted by atomic mass is 32.2. The van der Waals surface area contributed by atoms with Crippen molar-refractivity contribution in [3.8, 4) is 5.75 Å². The third-order valence-electron chi connectivity index (χ3n) is 5.74. The van der Waals surface area contributed by atoms with Gasteiger partial charge in [0, 0.05) is 22.6 Å². The zero-order valence-electron chi connectivity index (χ0n) is 19.4. The predicted molar refractivity (Wildman–Crippen MR) is 142 cm³/mol. The van der Waals surface area contributed by atoms with Gasteiger partial charge in [0.15, 0.2) is 0 Å². The lowest BCUT2D eigenvalue weighted by Gasteiger charge is -2.15. The van der Waals surface area contributed by atoms with E-state index in [0.29, 0.717) is 34.0 Å². The molecule has 180 valence electrons. The van der Waals surface area contributed by atoms with Crippen molar-refractivity contribution in [1.29, 1.82) is 0 Å². The fourth-order valence-electron chi connectivity index (χ4n) is 3.98. The molecule has 4 aromatic rings. The van der Waals surface area contributed by atoms with Crippen molar-refractivity contribution in [3.63, 3.8) is 0 Å². The lowest BCUT2D eigenvalue weighted by atomic mass is 10.00. The molecule has 0 spiro atoms. The summed E-state index contributed by atoms with van der Waals surface area (Å²) in [4.78, 5) is 13.2. The quantitative estimate of drug-likeness (QED) is 0.296. The van der Waals surface area contributed by atoms with Gasteiger partial charge < -0.3 is 15.4 Å². The van der Waals surface area contributed by atoms with Gasteiger partial charge in [0.2, 0.25) is 0 Å². The summed E-state index contributed by atoms with van der Waals surface area (Å²) in [6.07, 6.45) is 0. The molecule has 3 N–H and O–H groups in total. The van der Waals surface area contributed by atoms with E-state index >= 15 is 0 Å². The Labute approximate surface area is 209 Å². The Bertz CT molecular complexity index is 1550. The molecule has 0 saturated heterocycles. The summed E-state index contributed by atoms with van der Waals surface area (Å²) in [5, 5.41) is 6.21. The van der Waals surface area contributed by atoms with Gasteiger partial charge in [0.05, 0.1) is 23.3 Å². The molecule has 0 fully saturated rings.